The molecule has 1 aromatic carbocycles. The highest BCUT2D eigenvalue weighted by molar-refractivity contribution is 6.20. The van der Waals surface area contributed by atoms with E-state index in [1.54, 1.807) is 6.08 Å². The zero-order valence-electron chi connectivity index (χ0n) is 26.3. The first kappa shape index (κ1) is 29.6. The molecule has 0 unspecified atom stereocenters. The second-order valence-corrected chi connectivity index (χ2v) is 14.0. The second-order valence-electron chi connectivity index (χ2n) is 14.0. The van der Waals surface area contributed by atoms with Crippen molar-refractivity contribution in [2.75, 3.05) is 7.11 Å². The Labute approximate surface area is 251 Å². The molecule has 1 saturated carbocycles. The number of ketones is 2. The number of aromatic hydroxyl groups is 1. The number of allylic oxidation sites excluding steroid dienone is 2. The van der Waals surface area contributed by atoms with Crippen LogP contribution in [0.1, 0.15) is 89.7 Å². The van der Waals surface area contributed by atoms with Crippen LogP contribution in [0.2, 0.25) is 0 Å². The van der Waals surface area contributed by atoms with E-state index in [9.17, 15) is 24.6 Å². The fourth-order valence-electron chi connectivity index (χ4n) is 8.02. The third-order valence-electron chi connectivity index (χ3n) is 10.7. The summed E-state index contributed by atoms with van der Waals surface area (Å²) in [5, 5.41) is 21.4. The summed E-state index contributed by atoms with van der Waals surface area (Å²) in [7, 11) is 1.43. The third-order valence-corrected chi connectivity index (χ3v) is 10.7. The molecule has 2 fully saturated rings. The topological polar surface area (TPSA) is 129 Å². The number of hydrogen-bond donors (Lipinski definition) is 2. The van der Waals surface area contributed by atoms with Crippen LogP contribution in [-0.4, -0.2) is 63.4 Å². The molecular weight excluding hydrogens is 552 g/mol. The maximum absolute atomic E-state index is 14.8. The largest absolute Gasteiger partial charge is 0.507 e. The predicted octanol–water partition coefficient (Wildman–Crippen LogP) is 5.16. The van der Waals surface area contributed by atoms with Crippen molar-refractivity contribution in [3.05, 3.63) is 51.6 Å². The Hall–Kier alpha value is -3.43. The molecule has 3 aliphatic carbocycles. The minimum Gasteiger partial charge on any atom is -0.507 e. The molecule has 3 aliphatic heterocycles. The van der Waals surface area contributed by atoms with Gasteiger partial charge in [0.05, 0.1) is 5.60 Å². The lowest BCUT2D eigenvalue weighted by Crippen LogP contribution is -2.77. The second kappa shape index (κ2) is 8.82. The van der Waals surface area contributed by atoms with Crippen molar-refractivity contribution in [2.45, 2.75) is 109 Å². The van der Waals surface area contributed by atoms with E-state index in [0.29, 0.717) is 23.3 Å². The van der Waals surface area contributed by atoms with Crippen molar-refractivity contribution in [3.8, 4) is 17.2 Å². The number of benzene rings is 1. The Morgan fingerprint density at radius 3 is 2.40 bits per heavy atom. The molecule has 230 valence electrons. The molecule has 43 heavy (non-hydrogen) atoms. The van der Waals surface area contributed by atoms with Crippen LogP contribution >= 0.6 is 0 Å². The number of carbonyl (C=O) groups is 3. The summed E-state index contributed by atoms with van der Waals surface area (Å²) in [5.74, 6) is -2.05. The molecule has 3 heterocycles. The summed E-state index contributed by atoms with van der Waals surface area (Å²) in [6, 6.07) is 0. The molecule has 9 heteroatoms. The van der Waals surface area contributed by atoms with Crippen molar-refractivity contribution in [2.24, 2.45) is 5.92 Å². The molecular formula is C34H40O9. The fraction of sp³-hybridized carbons (Fsp3) is 0.559. The highest BCUT2D eigenvalue weighted by Gasteiger charge is 2.84. The summed E-state index contributed by atoms with van der Waals surface area (Å²) in [6.45, 7) is 15.1. The number of fused-ring (bicyclic) bond motifs is 3. The Balaban J connectivity index is 1.70. The number of phenols is 1. The van der Waals surface area contributed by atoms with Crippen LogP contribution in [0.5, 0.6) is 17.2 Å². The van der Waals surface area contributed by atoms with Gasteiger partial charge in [0.25, 0.3) is 0 Å². The number of carboxylic acid groups (broad SMARTS) is 1. The van der Waals surface area contributed by atoms with Crippen molar-refractivity contribution in [1.82, 2.24) is 0 Å². The van der Waals surface area contributed by atoms with Crippen LogP contribution in [0.25, 0.3) is 0 Å². The number of methoxy groups -OCH3 is 1. The normalized spacial score (nSPS) is 34.1. The summed E-state index contributed by atoms with van der Waals surface area (Å²) >= 11 is 0. The number of phenolic OH excluding ortho intramolecular Hbond substituents is 1. The molecule has 4 bridgehead atoms. The summed E-state index contributed by atoms with van der Waals surface area (Å²) in [5.41, 5.74) is -3.91. The minimum absolute atomic E-state index is 0.0365. The van der Waals surface area contributed by atoms with E-state index >= 15 is 0 Å². The number of carboxylic acids is 1. The molecule has 6 aliphatic rings. The molecule has 0 amide bonds. The highest BCUT2D eigenvalue weighted by atomic mass is 16.6. The van der Waals surface area contributed by atoms with Crippen LogP contribution in [-0.2, 0) is 30.9 Å². The highest BCUT2D eigenvalue weighted by Crippen LogP contribution is 2.70. The lowest BCUT2D eigenvalue weighted by Gasteiger charge is -2.59. The Morgan fingerprint density at radius 1 is 1.12 bits per heavy atom. The maximum atomic E-state index is 14.8. The molecule has 1 saturated heterocycles. The number of ether oxygens (including phenoxy) is 4. The molecule has 5 atom stereocenters. The van der Waals surface area contributed by atoms with Gasteiger partial charge in [0.15, 0.2) is 17.0 Å². The molecule has 9 nitrogen and oxygen atoms in total. The van der Waals surface area contributed by atoms with Gasteiger partial charge in [-0.2, -0.15) is 0 Å². The lowest BCUT2D eigenvalue weighted by atomic mass is 9.49. The van der Waals surface area contributed by atoms with E-state index in [1.807, 2.05) is 54.5 Å². The van der Waals surface area contributed by atoms with Crippen LogP contribution in [0.15, 0.2) is 34.9 Å². The summed E-state index contributed by atoms with van der Waals surface area (Å²) in [4.78, 5) is 41.2. The van der Waals surface area contributed by atoms with Gasteiger partial charge in [-0.3, -0.25) is 9.59 Å². The van der Waals surface area contributed by atoms with Crippen LogP contribution in [0.4, 0.5) is 0 Å². The zero-order valence-corrected chi connectivity index (χ0v) is 26.3. The number of rotatable bonds is 6. The average molecular weight is 593 g/mol. The van der Waals surface area contributed by atoms with E-state index in [0.717, 1.165) is 5.57 Å². The molecule has 2 N–H and O–H groups in total. The van der Waals surface area contributed by atoms with Crippen molar-refractivity contribution in [1.29, 1.82) is 0 Å². The number of hydrogen-bond acceptors (Lipinski definition) is 8. The fourth-order valence-corrected chi connectivity index (χ4v) is 8.02. The van der Waals surface area contributed by atoms with Gasteiger partial charge in [-0.15, -0.1) is 0 Å². The van der Waals surface area contributed by atoms with Gasteiger partial charge in [-0.05, 0) is 60.5 Å². The smallest absolute Gasteiger partial charge is 0.330 e. The van der Waals surface area contributed by atoms with Crippen molar-refractivity contribution in [3.63, 3.8) is 0 Å². The molecule has 1 spiro atoms. The maximum Gasteiger partial charge on any atom is 0.330 e. The quantitative estimate of drug-likeness (QED) is 0.340. The van der Waals surface area contributed by atoms with E-state index in [2.05, 4.69) is 0 Å². The number of Topliss-reactive ketones (excluding diaryl/α,β-unsaturated/α-hetero) is 2. The van der Waals surface area contributed by atoms with Crippen molar-refractivity contribution < 1.29 is 43.5 Å². The van der Waals surface area contributed by atoms with Crippen LogP contribution in [0.3, 0.4) is 0 Å². The number of aliphatic carboxylic acids is 1. The SMILES string of the molecule is CO[C@]12C=C3C(=O)c4c(O)c(CC=C(C)C)c5c(c4O[C@]34[C@@H](C1)C(C)(C)O[C@]4(C/C=C(/C)C(=O)O)C2=O)C(C)(C)[C@H](C)O5. The molecule has 1 aromatic rings. The van der Waals surface area contributed by atoms with Crippen molar-refractivity contribution >= 4 is 17.5 Å². The van der Waals surface area contributed by atoms with Gasteiger partial charge in [-0.25, -0.2) is 4.79 Å². The average Bonchev–Trinajstić information content (AvgIpc) is 3.25. The summed E-state index contributed by atoms with van der Waals surface area (Å²) in [6.07, 6.45) is 5.11. The van der Waals surface area contributed by atoms with Gasteiger partial charge < -0.3 is 29.2 Å². The van der Waals surface area contributed by atoms with E-state index < -0.39 is 51.3 Å². The Bertz CT molecular complexity index is 1600. The monoisotopic (exact) mass is 592 g/mol. The van der Waals surface area contributed by atoms with Gasteiger partial charge >= 0.3 is 5.97 Å². The number of carbonyl (C=O) groups excluding carboxylic acids is 2. The predicted molar refractivity (Wildman–Crippen MR) is 157 cm³/mol. The van der Waals surface area contributed by atoms with Gasteiger partial charge in [0, 0.05) is 47.1 Å². The molecule has 0 aromatic heterocycles. The van der Waals surface area contributed by atoms with Crippen LogP contribution in [0, 0.1) is 5.92 Å². The lowest BCUT2D eigenvalue weighted by molar-refractivity contribution is -0.190. The van der Waals surface area contributed by atoms with Gasteiger partial charge in [0.1, 0.15) is 34.5 Å². The van der Waals surface area contributed by atoms with Crippen LogP contribution < -0.4 is 9.47 Å². The minimum atomic E-state index is -1.76. The van der Waals surface area contributed by atoms with Gasteiger partial charge in [0.2, 0.25) is 5.78 Å². The summed E-state index contributed by atoms with van der Waals surface area (Å²) < 4.78 is 26.1. The van der Waals surface area contributed by atoms with E-state index in [-0.39, 0.29) is 47.2 Å². The third kappa shape index (κ3) is 3.43. The van der Waals surface area contributed by atoms with E-state index in [1.165, 1.54) is 20.1 Å². The Morgan fingerprint density at radius 2 is 1.79 bits per heavy atom. The Kier molecular flexibility index (Phi) is 6.08. The first-order chi connectivity index (χ1) is 19.9. The van der Waals surface area contributed by atoms with Gasteiger partial charge in [-0.1, -0.05) is 31.6 Å². The first-order valence-corrected chi connectivity index (χ1v) is 14.8. The first-order valence-electron chi connectivity index (χ1n) is 14.8. The molecule has 0 radical (unpaired) electrons. The zero-order chi connectivity index (χ0) is 31.7. The molecule has 7 rings (SSSR count). The standard InChI is InChI=1S/C34H40O9/c1-16(2)10-11-19-24(35)22-25(36)20-14-32(40-9)15-21-31(7,8)43-33(29(32)39,13-12-17(3)28(37)38)34(20,21)42-27(22)23-26(19)41-18(4)30(23,5)6/h10,12,14,18,21,35H,11,13,15H2,1-9H3,(H,37,38)/b17-12-/t18-,21-,32+,33+,34-/m0/s1. The van der Waals surface area contributed by atoms with E-state index in [4.69, 9.17) is 18.9 Å².